The zero-order valence-corrected chi connectivity index (χ0v) is 13.8. The van der Waals surface area contributed by atoms with Gasteiger partial charge in [0.05, 0.1) is 5.69 Å². The summed E-state index contributed by atoms with van der Waals surface area (Å²) in [6.45, 7) is 0.0402. The van der Waals surface area contributed by atoms with Gasteiger partial charge in [-0.25, -0.2) is 9.78 Å². The van der Waals surface area contributed by atoms with Gasteiger partial charge in [0.2, 0.25) is 12.1 Å². The summed E-state index contributed by atoms with van der Waals surface area (Å²) in [5.41, 5.74) is 6.13. The Labute approximate surface area is 148 Å². The molecule has 2 N–H and O–H groups in total. The minimum absolute atomic E-state index is 0.138. The van der Waals surface area contributed by atoms with Gasteiger partial charge in [0.25, 0.3) is 5.91 Å². The van der Waals surface area contributed by atoms with Crippen LogP contribution in [0.5, 0.6) is 11.5 Å². The van der Waals surface area contributed by atoms with Gasteiger partial charge in [-0.15, -0.1) is 0 Å². The SMILES string of the molecule is CN1C(=O)[C@@H](OC(N)=O)COc2ccc(OCc3ccc(F)nc3)cc21. The van der Waals surface area contributed by atoms with E-state index in [1.165, 1.54) is 24.2 Å². The maximum Gasteiger partial charge on any atom is 0.405 e. The molecule has 0 aliphatic carbocycles. The molecule has 0 saturated carbocycles. The lowest BCUT2D eigenvalue weighted by Crippen LogP contribution is -2.41. The number of amides is 2. The Morgan fingerprint density at radius 2 is 2.23 bits per heavy atom. The van der Waals surface area contributed by atoms with Gasteiger partial charge in [-0.1, -0.05) is 0 Å². The van der Waals surface area contributed by atoms with Crippen LogP contribution in [0.25, 0.3) is 0 Å². The summed E-state index contributed by atoms with van der Waals surface area (Å²) in [6, 6.07) is 7.75. The molecular formula is C17H16FN3O5. The predicted molar refractivity (Wildman–Crippen MR) is 88.3 cm³/mol. The highest BCUT2D eigenvalue weighted by molar-refractivity contribution is 5.99. The summed E-state index contributed by atoms with van der Waals surface area (Å²) in [5.74, 6) is -0.121. The topological polar surface area (TPSA) is 104 Å². The summed E-state index contributed by atoms with van der Waals surface area (Å²) >= 11 is 0. The fourth-order valence-corrected chi connectivity index (χ4v) is 2.43. The lowest BCUT2D eigenvalue weighted by atomic mass is 10.2. The second-order valence-electron chi connectivity index (χ2n) is 5.54. The normalized spacial score (nSPS) is 16.3. The lowest BCUT2D eigenvalue weighted by molar-refractivity contribution is -0.127. The van der Waals surface area contributed by atoms with Crippen molar-refractivity contribution >= 4 is 17.7 Å². The van der Waals surface area contributed by atoms with Crippen molar-refractivity contribution in [3.05, 3.63) is 48.0 Å². The number of likely N-dealkylation sites (N-methyl/N-ethyl adjacent to an activating group) is 1. The number of fused-ring (bicyclic) bond motifs is 1. The number of hydrogen-bond donors (Lipinski definition) is 1. The van der Waals surface area contributed by atoms with Gasteiger partial charge < -0.3 is 24.8 Å². The van der Waals surface area contributed by atoms with Crippen LogP contribution < -0.4 is 20.1 Å². The second kappa shape index (κ2) is 7.26. The number of nitrogens with zero attached hydrogens (tertiary/aromatic N) is 2. The first-order valence-electron chi connectivity index (χ1n) is 7.68. The Bertz CT molecular complexity index is 828. The molecule has 0 fully saturated rings. The van der Waals surface area contributed by atoms with E-state index in [-0.39, 0.29) is 13.2 Å². The Hall–Kier alpha value is -3.36. The second-order valence-corrected chi connectivity index (χ2v) is 5.54. The average Bonchev–Trinajstić information content (AvgIpc) is 2.73. The van der Waals surface area contributed by atoms with Gasteiger partial charge in [-0.3, -0.25) is 4.79 Å². The standard InChI is InChI=1S/C17H16FN3O5/c1-21-12-6-11(24-8-10-2-5-15(18)20-7-10)3-4-13(12)25-9-14(16(21)22)26-17(19)23/h2-7,14H,8-9H2,1H3,(H2,19,23)/t14-/m0/s1. The molecule has 2 aromatic rings. The largest absolute Gasteiger partial charge is 0.489 e. The Balaban J connectivity index is 1.75. The van der Waals surface area contributed by atoms with Crippen LogP contribution in [0.4, 0.5) is 14.9 Å². The van der Waals surface area contributed by atoms with Crippen molar-refractivity contribution in [2.24, 2.45) is 5.73 Å². The van der Waals surface area contributed by atoms with Gasteiger partial charge in [0.1, 0.15) is 24.7 Å². The molecule has 1 aromatic carbocycles. The first kappa shape index (κ1) is 17.5. The molecule has 2 amide bonds. The van der Waals surface area contributed by atoms with Crippen LogP contribution in [-0.2, 0) is 16.1 Å². The third-order valence-corrected chi connectivity index (χ3v) is 3.74. The van der Waals surface area contributed by atoms with Crippen molar-refractivity contribution in [2.45, 2.75) is 12.7 Å². The molecule has 1 aromatic heterocycles. The van der Waals surface area contributed by atoms with Crippen LogP contribution in [0, 0.1) is 5.95 Å². The molecule has 0 spiro atoms. The van der Waals surface area contributed by atoms with Crippen molar-refractivity contribution in [3.63, 3.8) is 0 Å². The molecule has 8 nitrogen and oxygen atoms in total. The van der Waals surface area contributed by atoms with E-state index in [1.807, 2.05) is 0 Å². The highest BCUT2D eigenvalue weighted by Crippen LogP contribution is 2.34. The zero-order valence-electron chi connectivity index (χ0n) is 13.8. The molecule has 0 unspecified atom stereocenters. The fourth-order valence-electron chi connectivity index (χ4n) is 2.43. The Kier molecular flexibility index (Phi) is 4.87. The Morgan fingerprint density at radius 3 is 2.92 bits per heavy atom. The molecule has 2 heterocycles. The molecule has 26 heavy (non-hydrogen) atoms. The molecule has 136 valence electrons. The summed E-state index contributed by atoms with van der Waals surface area (Å²) in [5, 5.41) is 0. The quantitative estimate of drug-likeness (QED) is 0.830. The predicted octanol–water partition coefficient (Wildman–Crippen LogP) is 1.62. The van der Waals surface area contributed by atoms with Crippen molar-refractivity contribution in [3.8, 4) is 11.5 Å². The number of nitrogens with two attached hydrogens (primary N) is 1. The van der Waals surface area contributed by atoms with Crippen molar-refractivity contribution in [2.75, 3.05) is 18.6 Å². The van der Waals surface area contributed by atoms with E-state index in [0.717, 1.165) is 0 Å². The minimum atomic E-state index is -1.13. The van der Waals surface area contributed by atoms with E-state index < -0.39 is 24.1 Å². The van der Waals surface area contributed by atoms with E-state index in [0.29, 0.717) is 22.7 Å². The highest BCUT2D eigenvalue weighted by Gasteiger charge is 2.32. The first-order chi connectivity index (χ1) is 12.4. The number of anilines is 1. The number of rotatable bonds is 4. The molecule has 1 aliphatic heterocycles. The summed E-state index contributed by atoms with van der Waals surface area (Å²) < 4.78 is 28.8. The lowest BCUT2D eigenvalue weighted by Gasteiger charge is -2.19. The summed E-state index contributed by atoms with van der Waals surface area (Å²) in [7, 11) is 1.53. The molecule has 0 bridgehead atoms. The van der Waals surface area contributed by atoms with Crippen molar-refractivity contribution in [1.29, 1.82) is 0 Å². The number of aromatic nitrogens is 1. The number of benzene rings is 1. The van der Waals surface area contributed by atoms with Crippen LogP contribution >= 0.6 is 0 Å². The maximum atomic E-state index is 12.8. The number of ether oxygens (including phenoxy) is 3. The van der Waals surface area contributed by atoms with Crippen LogP contribution in [-0.4, -0.2) is 36.7 Å². The fraction of sp³-hybridized carbons (Fsp3) is 0.235. The Morgan fingerprint density at radius 1 is 1.42 bits per heavy atom. The number of carbonyl (C=O) groups is 2. The smallest absolute Gasteiger partial charge is 0.405 e. The van der Waals surface area contributed by atoms with E-state index in [1.54, 1.807) is 24.3 Å². The van der Waals surface area contributed by atoms with Gasteiger partial charge in [-0.05, 0) is 24.3 Å². The molecule has 0 saturated heterocycles. The zero-order chi connectivity index (χ0) is 18.7. The van der Waals surface area contributed by atoms with E-state index in [4.69, 9.17) is 19.9 Å². The highest BCUT2D eigenvalue weighted by atomic mass is 19.1. The minimum Gasteiger partial charge on any atom is -0.489 e. The van der Waals surface area contributed by atoms with Crippen molar-refractivity contribution in [1.82, 2.24) is 4.98 Å². The average molecular weight is 361 g/mol. The van der Waals surface area contributed by atoms with E-state index in [9.17, 15) is 14.0 Å². The number of halogens is 1. The van der Waals surface area contributed by atoms with E-state index in [2.05, 4.69) is 4.98 Å². The van der Waals surface area contributed by atoms with Gasteiger partial charge in [0, 0.05) is 24.9 Å². The number of carbonyl (C=O) groups excluding carboxylic acids is 2. The monoisotopic (exact) mass is 361 g/mol. The number of primary amides is 1. The third kappa shape index (κ3) is 3.82. The molecule has 3 rings (SSSR count). The van der Waals surface area contributed by atoms with Gasteiger partial charge >= 0.3 is 6.09 Å². The van der Waals surface area contributed by atoms with Crippen LogP contribution in [0.1, 0.15) is 5.56 Å². The molecule has 1 atom stereocenters. The van der Waals surface area contributed by atoms with Crippen LogP contribution in [0.2, 0.25) is 0 Å². The van der Waals surface area contributed by atoms with Gasteiger partial charge in [-0.2, -0.15) is 4.39 Å². The number of pyridine rings is 1. The molecule has 9 heteroatoms. The summed E-state index contributed by atoms with van der Waals surface area (Å²) in [6.07, 6.45) is -0.800. The third-order valence-electron chi connectivity index (χ3n) is 3.74. The number of hydrogen-bond acceptors (Lipinski definition) is 6. The molecular weight excluding hydrogens is 345 g/mol. The van der Waals surface area contributed by atoms with Crippen LogP contribution in [0.15, 0.2) is 36.5 Å². The molecule has 0 radical (unpaired) electrons. The van der Waals surface area contributed by atoms with E-state index >= 15 is 0 Å². The summed E-state index contributed by atoms with van der Waals surface area (Å²) in [4.78, 5) is 28.2. The molecule has 1 aliphatic rings. The van der Waals surface area contributed by atoms with Crippen LogP contribution in [0.3, 0.4) is 0 Å². The first-order valence-corrected chi connectivity index (χ1v) is 7.68. The van der Waals surface area contributed by atoms with Gasteiger partial charge in [0.15, 0.2) is 0 Å². The maximum absolute atomic E-state index is 12.8. The van der Waals surface area contributed by atoms with Crippen molar-refractivity contribution < 1.29 is 28.2 Å².